The van der Waals surface area contributed by atoms with E-state index >= 15 is 0 Å². The van der Waals surface area contributed by atoms with E-state index in [2.05, 4.69) is 0 Å². The molecule has 0 aliphatic heterocycles. The van der Waals surface area contributed by atoms with Gasteiger partial charge in [-0.1, -0.05) is 12.1 Å². The summed E-state index contributed by atoms with van der Waals surface area (Å²) in [5.41, 5.74) is 6.86. The molecule has 1 aromatic carbocycles. The largest absolute Gasteiger partial charge is 0.504 e. The van der Waals surface area contributed by atoms with Crippen molar-refractivity contribution in [3.8, 4) is 11.5 Å². The molecule has 0 heterocycles. The Hall–Kier alpha value is -1.22. The van der Waals surface area contributed by atoms with E-state index in [9.17, 15) is 5.11 Å². The van der Waals surface area contributed by atoms with Crippen molar-refractivity contribution in [3.63, 3.8) is 0 Å². The van der Waals surface area contributed by atoms with E-state index in [1.54, 1.807) is 6.07 Å². The molecule has 0 saturated heterocycles. The van der Waals surface area contributed by atoms with Crippen molar-refractivity contribution in [2.24, 2.45) is 11.7 Å². The lowest BCUT2D eigenvalue weighted by atomic mass is 10.0. The van der Waals surface area contributed by atoms with E-state index in [4.69, 9.17) is 10.5 Å². The molecule has 3 nitrogen and oxygen atoms in total. The van der Waals surface area contributed by atoms with Gasteiger partial charge in [0.1, 0.15) is 0 Å². The van der Waals surface area contributed by atoms with Crippen LogP contribution in [0.4, 0.5) is 0 Å². The number of para-hydroxylation sites is 1. The molecular formula is C12H17NO2. The summed E-state index contributed by atoms with van der Waals surface area (Å²) in [6, 6.07) is 5.47. The second-order valence-corrected chi connectivity index (χ2v) is 3.99. The van der Waals surface area contributed by atoms with Crippen LogP contribution < -0.4 is 10.5 Å². The third kappa shape index (κ3) is 2.07. The summed E-state index contributed by atoms with van der Waals surface area (Å²) in [4.78, 5) is 0. The Morgan fingerprint density at radius 1 is 1.53 bits per heavy atom. The Morgan fingerprint density at radius 3 is 2.87 bits per heavy atom. The minimum absolute atomic E-state index is 0.0505. The number of hydrogen-bond donors (Lipinski definition) is 2. The average molecular weight is 207 g/mol. The van der Waals surface area contributed by atoms with Gasteiger partial charge in [0.25, 0.3) is 0 Å². The van der Waals surface area contributed by atoms with Gasteiger partial charge in [0.15, 0.2) is 11.5 Å². The van der Waals surface area contributed by atoms with E-state index in [0.29, 0.717) is 18.3 Å². The summed E-state index contributed by atoms with van der Waals surface area (Å²) < 4.78 is 5.32. The van der Waals surface area contributed by atoms with Crippen molar-refractivity contribution in [2.45, 2.75) is 25.8 Å². The zero-order valence-electron chi connectivity index (χ0n) is 8.94. The van der Waals surface area contributed by atoms with Crippen molar-refractivity contribution in [1.82, 2.24) is 0 Å². The molecule has 1 atom stereocenters. The Morgan fingerprint density at radius 2 is 2.27 bits per heavy atom. The molecule has 82 valence electrons. The number of aromatic hydroxyl groups is 1. The first kappa shape index (κ1) is 10.3. The fourth-order valence-corrected chi connectivity index (χ4v) is 1.79. The molecule has 0 amide bonds. The summed E-state index contributed by atoms with van der Waals surface area (Å²) in [6.45, 7) is 2.45. The minimum atomic E-state index is -0.0505. The second kappa shape index (κ2) is 4.11. The normalized spacial score (nSPS) is 17.5. The molecule has 1 aromatic rings. The number of hydrogen-bond acceptors (Lipinski definition) is 3. The molecule has 2 rings (SSSR count). The lowest BCUT2D eigenvalue weighted by Crippen LogP contribution is -2.12. The molecular weight excluding hydrogens is 190 g/mol. The zero-order valence-corrected chi connectivity index (χ0v) is 8.94. The highest BCUT2D eigenvalue weighted by molar-refractivity contribution is 5.47. The van der Waals surface area contributed by atoms with Crippen LogP contribution in [-0.4, -0.2) is 11.7 Å². The maximum Gasteiger partial charge on any atom is 0.162 e. The van der Waals surface area contributed by atoms with Crippen molar-refractivity contribution in [3.05, 3.63) is 23.8 Å². The standard InChI is InChI=1S/C12H17NO2/c1-2-15-10-5-3-4-9(12(10)14)11(13)8-6-7-8/h3-5,8,11,14H,2,6-7,13H2,1H3/t11-/m0/s1. The third-order valence-corrected chi connectivity index (χ3v) is 2.82. The van der Waals surface area contributed by atoms with Crippen molar-refractivity contribution in [2.75, 3.05) is 6.61 Å². The lowest BCUT2D eigenvalue weighted by molar-refractivity contribution is 0.315. The van der Waals surface area contributed by atoms with Crippen LogP contribution in [0.5, 0.6) is 11.5 Å². The first-order valence-corrected chi connectivity index (χ1v) is 5.44. The molecule has 0 spiro atoms. The Labute approximate surface area is 89.9 Å². The average Bonchev–Trinajstić information content (AvgIpc) is 3.04. The Bertz CT molecular complexity index is 347. The van der Waals surface area contributed by atoms with Crippen LogP contribution >= 0.6 is 0 Å². The lowest BCUT2D eigenvalue weighted by Gasteiger charge is -2.15. The fourth-order valence-electron chi connectivity index (χ4n) is 1.79. The summed E-state index contributed by atoms with van der Waals surface area (Å²) in [7, 11) is 0. The Balaban J connectivity index is 2.26. The predicted molar refractivity (Wildman–Crippen MR) is 58.9 cm³/mol. The third-order valence-electron chi connectivity index (χ3n) is 2.82. The summed E-state index contributed by atoms with van der Waals surface area (Å²) in [6.07, 6.45) is 2.33. The van der Waals surface area contributed by atoms with Gasteiger partial charge in [0, 0.05) is 11.6 Å². The smallest absolute Gasteiger partial charge is 0.162 e. The van der Waals surface area contributed by atoms with Gasteiger partial charge >= 0.3 is 0 Å². The Kier molecular flexibility index (Phi) is 2.82. The first-order valence-electron chi connectivity index (χ1n) is 5.44. The van der Waals surface area contributed by atoms with E-state index in [0.717, 1.165) is 5.56 Å². The van der Waals surface area contributed by atoms with Crippen LogP contribution in [0.1, 0.15) is 31.4 Å². The number of ether oxygens (including phenoxy) is 1. The number of phenolic OH excluding ortho intramolecular Hbond substituents is 1. The molecule has 0 aromatic heterocycles. The van der Waals surface area contributed by atoms with Crippen molar-refractivity contribution >= 4 is 0 Å². The van der Waals surface area contributed by atoms with Gasteiger partial charge in [-0.15, -0.1) is 0 Å². The van der Waals surface area contributed by atoms with Crippen LogP contribution in [0.15, 0.2) is 18.2 Å². The SMILES string of the molecule is CCOc1cccc([C@@H](N)C2CC2)c1O. The number of phenols is 1. The van der Waals surface area contributed by atoms with Crippen LogP contribution in [0.2, 0.25) is 0 Å². The van der Waals surface area contributed by atoms with E-state index in [-0.39, 0.29) is 11.8 Å². The van der Waals surface area contributed by atoms with Gasteiger partial charge in [-0.25, -0.2) is 0 Å². The summed E-state index contributed by atoms with van der Waals surface area (Å²) in [5.74, 6) is 1.28. The zero-order chi connectivity index (χ0) is 10.8. The maximum atomic E-state index is 9.96. The van der Waals surface area contributed by atoms with Gasteiger partial charge in [-0.2, -0.15) is 0 Å². The highest BCUT2D eigenvalue weighted by Crippen LogP contribution is 2.44. The first-order chi connectivity index (χ1) is 7.24. The quantitative estimate of drug-likeness (QED) is 0.795. The highest BCUT2D eigenvalue weighted by Gasteiger charge is 2.31. The van der Waals surface area contributed by atoms with Crippen molar-refractivity contribution < 1.29 is 9.84 Å². The molecule has 0 bridgehead atoms. The number of rotatable bonds is 4. The van der Waals surface area contributed by atoms with Gasteiger partial charge in [-0.3, -0.25) is 0 Å². The fraction of sp³-hybridized carbons (Fsp3) is 0.500. The summed E-state index contributed by atoms with van der Waals surface area (Å²) >= 11 is 0. The monoisotopic (exact) mass is 207 g/mol. The molecule has 0 radical (unpaired) electrons. The van der Waals surface area contributed by atoms with Gasteiger partial charge in [-0.05, 0) is 31.7 Å². The molecule has 0 unspecified atom stereocenters. The highest BCUT2D eigenvalue weighted by atomic mass is 16.5. The van der Waals surface area contributed by atoms with Crippen LogP contribution in [0.3, 0.4) is 0 Å². The molecule has 1 fully saturated rings. The van der Waals surface area contributed by atoms with E-state index in [1.807, 2.05) is 19.1 Å². The number of benzene rings is 1. The second-order valence-electron chi connectivity index (χ2n) is 3.99. The number of nitrogens with two attached hydrogens (primary N) is 1. The molecule has 15 heavy (non-hydrogen) atoms. The summed E-state index contributed by atoms with van der Waals surface area (Å²) in [5, 5.41) is 9.96. The van der Waals surface area contributed by atoms with E-state index in [1.165, 1.54) is 12.8 Å². The molecule has 1 aliphatic carbocycles. The molecule has 3 N–H and O–H groups in total. The molecule has 1 aliphatic rings. The predicted octanol–water partition coefficient (Wildman–Crippen LogP) is 2.20. The maximum absolute atomic E-state index is 9.96. The topological polar surface area (TPSA) is 55.5 Å². The van der Waals surface area contributed by atoms with Crippen molar-refractivity contribution in [1.29, 1.82) is 0 Å². The van der Waals surface area contributed by atoms with Gasteiger partial charge in [0.05, 0.1) is 6.61 Å². The van der Waals surface area contributed by atoms with E-state index < -0.39 is 0 Å². The molecule has 1 saturated carbocycles. The van der Waals surface area contributed by atoms with Gasteiger partial charge < -0.3 is 15.6 Å². The van der Waals surface area contributed by atoms with Gasteiger partial charge in [0.2, 0.25) is 0 Å². The minimum Gasteiger partial charge on any atom is -0.504 e. The van der Waals surface area contributed by atoms with Crippen LogP contribution in [0.25, 0.3) is 0 Å². The van der Waals surface area contributed by atoms with Crippen LogP contribution in [-0.2, 0) is 0 Å². The van der Waals surface area contributed by atoms with Crippen LogP contribution in [0, 0.1) is 5.92 Å². The molecule has 3 heteroatoms.